The van der Waals surface area contributed by atoms with Crippen LogP contribution in [-0.4, -0.2) is 37.1 Å². The van der Waals surface area contributed by atoms with E-state index in [9.17, 15) is 13.2 Å². The SMILES string of the molecule is CC1(C)CNC(=O)c2ccc(-c3ccnc(Nc4cccc(CS(C)(=O)=O)c4)n3)cc21. The molecular formula is C23H24N4O3S. The van der Waals surface area contributed by atoms with E-state index in [2.05, 4.69) is 34.4 Å². The molecule has 31 heavy (non-hydrogen) atoms. The summed E-state index contributed by atoms with van der Waals surface area (Å²) in [7, 11) is -3.12. The smallest absolute Gasteiger partial charge is 0.251 e. The number of carbonyl (C=O) groups excluding carboxylic acids is 1. The average molecular weight is 437 g/mol. The van der Waals surface area contributed by atoms with Crippen LogP contribution in [-0.2, 0) is 21.0 Å². The number of rotatable bonds is 5. The van der Waals surface area contributed by atoms with Crippen molar-refractivity contribution >= 4 is 27.4 Å². The lowest BCUT2D eigenvalue weighted by atomic mass is 9.78. The molecule has 0 bridgehead atoms. The van der Waals surface area contributed by atoms with Crippen LogP contribution in [0.4, 0.5) is 11.6 Å². The molecule has 0 saturated carbocycles. The summed E-state index contributed by atoms with van der Waals surface area (Å²) in [6.07, 6.45) is 2.88. The monoisotopic (exact) mass is 436 g/mol. The van der Waals surface area contributed by atoms with Gasteiger partial charge in [0.25, 0.3) is 5.91 Å². The van der Waals surface area contributed by atoms with Crippen LogP contribution < -0.4 is 10.6 Å². The van der Waals surface area contributed by atoms with E-state index in [0.717, 1.165) is 16.8 Å². The van der Waals surface area contributed by atoms with E-state index in [0.29, 0.717) is 29.3 Å². The van der Waals surface area contributed by atoms with Crippen LogP contribution in [0.1, 0.15) is 35.3 Å². The van der Waals surface area contributed by atoms with Crippen molar-refractivity contribution in [1.82, 2.24) is 15.3 Å². The van der Waals surface area contributed by atoms with Gasteiger partial charge in [-0.1, -0.05) is 32.0 Å². The second-order valence-corrected chi connectivity index (χ2v) is 10.6. The van der Waals surface area contributed by atoms with E-state index in [1.165, 1.54) is 6.26 Å². The fourth-order valence-electron chi connectivity index (χ4n) is 3.70. The van der Waals surface area contributed by atoms with E-state index in [1.807, 2.05) is 30.3 Å². The molecule has 4 rings (SSSR count). The van der Waals surface area contributed by atoms with Gasteiger partial charge in [-0.3, -0.25) is 4.79 Å². The number of nitrogens with zero attached hydrogens (tertiary/aromatic N) is 2. The Bertz CT molecular complexity index is 1270. The minimum Gasteiger partial charge on any atom is -0.351 e. The van der Waals surface area contributed by atoms with Crippen molar-refractivity contribution in [1.29, 1.82) is 0 Å². The zero-order chi connectivity index (χ0) is 22.2. The summed E-state index contributed by atoms with van der Waals surface area (Å²) in [5, 5.41) is 6.08. The molecule has 0 unspecified atom stereocenters. The number of sulfone groups is 1. The minimum atomic E-state index is -3.12. The molecule has 0 fully saturated rings. The number of hydrogen-bond acceptors (Lipinski definition) is 6. The average Bonchev–Trinajstić information content (AvgIpc) is 2.70. The van der Waals surface area contributed by atoms with Gasteiger partial charge >= 0.3 is 0 Å². The molecule has 160 valence electrons. The molecule has 7 nitrogen and oxygen atoms in total. The second-order valence-electron chi connectivity index (χ2n) is 8.49. The first-order valence-electron chi connectivity index (χ1n) is 9.91. The summed E-state index contributed by atoms with van der Waals surface area (Å²) in [6.45, 7) is 4.79. The van der Waals surface area contributed by atoms with Crippen molar-refractivity contribution in [3.05, 3.63) is 71.4 Å². The molecule has 0 spiro atoms. The molecule has 1 aromatic heterocycles. The van der Waals surface area contributed by atoms with Crippen LogP contribution in [0.25, 0.3) is 11.3 Å². The van der Waals surface area contributed by atoms with Gasteiger partial charge in [-0.2, -0.15) is 0 Å². The van der Waals surface area contributed by atoms with Crippen LogP contribution >= 0.6 is 0 Å². The third kappa shape index (κ3) is 4.74. The van der Waals surface area contributed by atoms with Gasteiger partial charge < -0.3 is 10.6 Å². The normalized spacial score (nSPS) is 15.1. The fraction of sp³-hybridized carbons (Fsp3) is 0.261. The van der Waals surface area contributed by atoms with Gasteiger partial charge in [-0.25, -0.2) is 18.4 Å². The van der Waals surface area contributed by atoms with E-state index >= 15 is 0 Å². The minimum absolute atomic E-state index is 0.0259. The maximum absolute atomic E-state index is 12.2. The van der Waals surface area contributed by atoms with Crippen LogP contribution in [0, 0.1) is 0 Å². The summed E-state index contributed by atoms with van der Waals surface area (Å²) in [5.74, 6) is 0.325. The van der Waals surface area contributed by atoms with E-state index in [4.69, 9.17) is 0 Å². The lowest BCUT2D eigenvalue weighted by molar-refractivity contribution is 0.0930. The molecule has 1 aliphatic rings. The predicted octanol–water partition coefficient (Wildman–Crippen LogP) is 3.45. The molecule has 0 aliphatic carbocycles. The number of amides is 1. The fourth-order valence-corrected chi connectivity index (χ4v) is 4.49. The van der Waals surface area contributed by atoms with Gasteiger partial charge in [0.2, 0.25) is 5.95 Å². The largest absolute Gasteiger partial charge is 0.351 e. The molecular weight excluding hydrogens is 412 g/mol. The maximum Gasteiger partial charge on any atom is 0.251 e. The van der Waals surface area contributed by atoms with Crippen molar-refractivity contribution in [2.24, 2.45) is 0 Å². The van der Waals surface area contributed by atoms with Crippen molar-refractivity contribution in [3.8, 4) is 11.3 Å². The molecule has 0 radical (unpaired) electrons. The number of hydrogen-bond donors (Lipinski definition) is 2. The predicted molar refractivity (Wildman–Crippen MR) is 121 cm³/mol. The topological polar surface area (TPSA) is 101 Å². The van der Waals surface area contributed by atoms with Crippen LogP contribution in [0.5, 0.6) is 0 Å². The van der Waals surface area contributed by atoms with Crippen LogP contribution in [0.2, 0.25) is 0 Å². The maximum atomic E-state index is 12.2. The number of anilines is 2. The number of benzene rings is 2. The van der Waals surface area contributed by atoms with E-state index in [-0.39, 0.29) is 17.1 Å². The highest BCUT2D eigenvalue weighted by Crippen LogP contribution is 2.33. The van der Waals surface area contributed by atoms with Crippen molar-refractivity contribution in [2.45, 2.75) is 25.0 Å². The number of aromatic nitrogens is 2. The quantitative estimate of drug-likeness (QED) is 0.635. The summed E-state index contributed by atoms with van der Waals surface area (Å²) >= 11 is 0. The lowest BCUT2D eigenvalue weighted by Crippen LogP contribution is -2.43. The first-order valence-corrected chi connectivity index (χ1v) is 12.0. The summed E-state index contributed by atoms with van der Waals surface area (Å²) < 4.78 is 23.1. The van der Waals surface area contributed by atoms with Gasteiger partial charge in [-0.15, -0.1) is 0 Å². The molecule has 0 atom stereocenters. The van der Waals surface area contributed by atoms with E-state index < -0.39 is 9.84 Å². The Balaban J connectivity index is 1.63. The second kappa shape index (κ2) is 7.77. The third-order valence-corrected chi connectivity index (χ3v) is 6.11. The van der Waals surface area contributed by atoms with Crippen LogP contribution in [0.3, 0.4) is 0 Å². The Hall–Kier alpha value is -3.26. The zero-order valence-electron chi connectivity index (χ0n) is 17.6. The Kier molecular flexibility index (Phi) is 5.26. The van der Waals surface area contributed by atoms with E-state index in [1.54, 1.807) is 24.4 Å². The summed E-state index contributed by atoms with van der Waals surface area (Å²) in [6, 6.07) is 14.7. The Morgan fingerprint density at radius 2 is 1.94 bits per heavy atom. The first kappa shape index (κ1) is 21.0. The Morgan fingerprint density at radius 1 is 1.13 bits per heavy atom. The zero-order valence-corrected chi connectivity index (χ0v) is 18.5. The Morgan fingerprint density at radius 3 is 2.71 bits per heavy atom. The number of fused-ring (bicyclic) bond motifs is 1. The summed E-state index contributed by atoms with van der Waals surface area (Å²) in [5.41, 5.74) is 4.55. The van der Waals surface area contributed by atoms with Crippen molar-refractivity contribution in [3.63, 3.8) is 0 Å². The van der Waals surface area contributed by atoms with Gasteiger partial charge in [0, 0.05) is 41.2 Å². The van der Waals surface area contributed by atoms with Gasteiger partial charge in [0.05, 0.1) is 11.4 Å². The molecule has 1 amide bonds. The van der Waals surface area contributed by atoms with Gasteiger partial charge in [0.15, 0.2) is 9.84 Å². The molecule has 2 aromatic carbocycles. The first-order chi connectivity index (χ1) is 14.6. The summed E-state index contributed by atoms with van der Waals surface area (Å²) in [4.78, 5) is 21.1. The number of carbonyl (C=O) groups is 1. The Labute approximate surface area is 181 Å². The molecule has 0 saturated heterocycles. The highest BCUT2D eigenvalue weighted by molar-refractivity contribution is 7.89. The van der Waals surface area contributed by atoms with Crippen LogP contribution in [0.15, 0.2) is 54.7 Å². The van der Waals surface area contributed by atoms with Gasteiger partial charge in [-0.05, 0) is 41.5 Å². The lowest BCUT2D eigenvalue weighted by Gasteiger charge is -2.32. The molecule has 3 aromatic rings. The molecule has 2 N–H and O–H groups in total. The third-order valence-electron chi connectivity index (χ3n) is 5.25. The molecule has 2 heterocycles. The molecule has 8 heteroatoms. The van der Waals surface area contributed by atoms with Gasteiger partial charge in [0.1, 0.15) is 0 Å². The molecule has 1 aliphatic heterocycles. The van der Waals surface area contributed by atoms with Crippen molar-refractivity contribution in [2.75, 3.05) is 18.1 Å². The van der Waals surface area contributed by atoms with Crippen molar-refractivity contribution < 1.29 is 13.2 Å². The highest BCUT2D eigenvalue weighted by Gasteiger charge is 2.31. The highest BCUT2D eigenvalue weighted by atomic mass is 32.2. The standard InChI is InChI=1S/C23H24N4O3S/c1-23(2)14-25-21(28)18-8-7-16(12-19(18)23)20-9-10-24-22(27-20)26-17-6-4-5-15(11-17)13-31(3,29)30/h4-12H,13-14H2,1-3H3,(H,25,28)(H,24,26,27). The number of nitrogens with one attached hydrogen (secondary N) is 2.